The molecule has 0 aromatic heterocycles. The minimum atomic E-state index is -0.430. The Kier molecular flexibility index (Phi) is 4.81. The first-order chi connectivity index (χ1) is 12.8. The molecule has 1 aliphatic heterocycles. The molecular formula is C23H21NOS. The van der Waals surface area contributed by atoms with Crippen LogP contribution >= 0.6 is 11.8 Å². The third kappa shape index (κ3) is 3.54. The molecule has 0 radical (unpaired) electrons. The highest BCUT2D eigenvalue weighted by Gasteiger charge is 2.41. The van der Waals surface area contributed by atoms with Crippen LogP contribution in [0.3, 0.4) is 0 Å². The molecule has 4 rings (SSSR count). The molecule has 1 aliphatic rings. The van der Waals surface area contributed by atoms with Crippen LogP contribution in [0.4, 0.5) is 0 Å². The molecule has 0 N–H and O–H groups in total. The van der Waals surface area contributed by atoms with Crippen LogP contribution in [0.2, 0.25) is 0 Å². The summed E-state index contributed by atoms with van der Waals surface area (Å²) in [7, 11) is 0. The molecule has 130 valence electrons. The highest BCUT2D eigenvalue weighted by Crippen LogP contribution is 2.40. The van der Waals surface area contributed by atoms with Crippen molar-refractivity contribution >= 4 is 17.5 Å². The number of hydrogen-bond acceptors (Lipinski definition) is 3. The number of oxime groups is 1. The van der Waals surface area contributed by atoms with E-state index < -0.39 is 5.60 Å². The molecule has 1 atom stereocenters. The Bertz CT molecular complexity index is 908. The summed E-state index contributed by atoms with van der Waals surface area (Å²) < 4.78 is 0. The number of nitrogens with zero attached hydrogens (tertiary/aromatic N) is 1. The molecule has 3 heteroatoms. The van der Waals surface area contributed by atoms with Crippen molar-refractivity contribution in [1.82, 2.24) is 0 Å². The third-order valence-corrected chi connectivity index (χ3v) is 5.87. The van der Waals surface area contributed by atoms with E-state index in [2.05, 4.69) is 84.9 Å². The van der Waals surface area contributed by atoms with Gasteiger partial charge in [-0.2, -0.15) is 0 Å². The molecule has 0 aliphatic carbocycles. The molecule has 0 unspecified atom stereocenters. The van der Waals surface area contributed by atoms with Crippen molar-refractivity contribution in [3.63, 3.8) is 0 Å². The Hall–Kier alpha value is -2.52. The second-order valence-corrected chi connectivity index (χ2v) is 7.69. The van der Waals surface area contributed by atoms with E-state index in [-0.39, 0.29) is 0 Å². The SMILES string of the molecule is Cc1cccc(C2=NO[C@](CSc3ccccc3)(c3ccccc3)C2)c1. The fraction of sp³-hybridized carbons (Fsp3) is 0.174. The van der Waals surface area contributed by atoms with E-state index in [0.29, 0.717) is 0 Å². The Balaban J connectivity index is 1.61. The predicted molar refractivity (Wildman–Crippen MR) is 109 cm³/mol. The molecule has 0 amide bonds. The number of hydrogen-bond donors (Lipinski definition) is 0. The van der Waals surface area contributed by atoms with Gasteiger partial charge in [-0.15, -0.1) is 11.8 Å². The lowest BCUT2D eigenvalue weighted by Crippen LogP contribution is -2.29. The lowest BCUT2D eigenvalue weighted by Gasteiger charge is -2.27. The fourth-order valence-electron chi connectivity index (χ4n) is 3.23. The van der Waals surface area contributed by atoms with Gasteiger partial charge in [0.2, 0.25) is 0 Å². The average molecular weight is 359 g/mol. The molecule has 3 aromatic rings. The fourth-order valence-corrected chi connectivity index (χ4v) is 4.30. The summed E-state index contributed by atoms with van der Waals surface area (Å²) in [5.74, 6) is 0.819. The van der Waals surface area contributed by atoms with E-state index in [1.165, 1.54) is 16.0 Å². The third-order valence-electron chi connectivity index (χ3n) is 4.65. The van der Waals surface area contributed by atoms with Gasteiger partial charge in [-0.1, -0.05) is 83.5 Å². The lowest BCUT2D eigenvalue weighted by atomic mass is 9.88. The first kappa shape index (κ1) is 16.9. The first-order valence-corrected chi connectivity index (χ1v) is 9.79. The van der Waals surface area contributed by atoms with Crippen LogP contribution in [0.5, 0.6) is 0 Å². The second kappa shape index (κ2) is 7.38. The molecule has 0 saturated carbocycles. The second-order valence-electron chi connectivity index (χ2n) is 6.64. The van der Waals surface area contributed by atoms with Gasteiger partial charge in [0.15, 0.2) is 5.60 Å². The van der Waals surface area contributed by atoms with E-state index in [4.69, 9.17) is 4.84 Å². The quantitative estimate of drug-likeness (QED) is 0.536. The maximum atomic E-state index is 6.12. The van der Waals surface area contributed by atoms with Crippen LogP contribution in [-0.2, 0) is 10.4 Å². The van der Waals surface area contributed by atoms with Crippen molar-refractivity contribution in [1.29, 1.82) is 0 Å². The molecule has 26 heavy (non-hydrogen) atoms. The van der Waals surface area contributed by atoms with Gasteiger partial charge in [0.25, 0.3) is 0 Å². The van der Waals surface area contributed by atoms with Crippen LogP contribution in [0.1, 0.15) is 23.1 Å². The van der Waals surface area contributed by atoms with E-state index in [1.807, 2.05) is 23.9 Å². The van der Waals surface area contributed by atoms with Gasteiger partial charge < -0.3 is 4.84 Å². The monoisotopic (exact) mass is 359 g/mol. The number of aryl methyl sites for hydroxylation is 1. The van der Waals surface area contributed by atoms with Gasteiger partial charge in [0, 0.05) is 17.1 Å². The predicted octanol–water partition coefficient (Wildman–Crippen LogP) is 5.81. The molecule has 0 spiro atoms. The molecule has 0 bridgehead atoms. The van der Waals surface area contributed by atoms with Gasteiger partial charge in [0.1, 0.15) is 0 Å². The maximum Gasteiger partial charge on any atom is 0.177 e. The van der Waals surface area contributed by atoms with Crippen molar-refractivity contribution in [2.45, 2.75) is 23.8 Å². The standard InChI is InChI=1S/C23H21NOS/c1-18-9-8-10-19(15-18)22-16-23(25-24-22,20-11-4-2-5-12-20)17-26-21-13-6-3-7-14-21/h2-15H,16-17H2,1H3/t23-/m1/s1. The highest BCUT2D eigenvalue weighted by atomic mass is 32.2. The van der Waals surface area contributed by atoms with Crippen molar-refractivity contribution < 1.29 is 4.84 Å². The molecular weight excluding hydrogens is 338 g/mol. The summed E-state index contributed by atoms with van der Waals surface area (Å²) in [5, 5.41) is 4.49. The first-order valence-electron chi connectivity index (χ1n) is 8.81. The van der Waals surface area contributed by atoms with Crippen LogP contribution < -0.4 is 0 Å². The molecule has 0 saturated heterocycles. The number of thioether (sulfide) groups is 1. The number of rotatable bonds is 5. The minimum Gasteiger partial charge on any atom is -0.383 e. The zero-order valence-electron chi connectivity index (χ0n) is 14.8. The van der Waals surface area contributed by atoms with E-state index >= 15 is 0 Å². The average Bonchev–Trinajstić information content (AvgIpc) is 3.14. The summed E-state index contributed by atoms with van der Waals surface area (Å²) in [6.45, 7) is 2.11. The van der Waals surface area contributed by atoms with Gasteiger partial charge in [-0.3, -0.25) is 0 Å². The van der Waals surface area contributed by atoms with Gasteiger partial charge in [-0.05, 0) is 30.2 Å². The largest absolute Gasteiger partial charge is 0.383 e. The summed E-state index contributed by atoms with van der Waals surface area (Å²) in [5.41, 5.74) is 4.15. The number of benzene rings is 3. The summed E-state index contributed by atoms with van der Waals surface area (Å²) >= 11 is 1.81. The highest BCUT2D eigenvalue weighted by molar-refractivity contribution is 7.99. The van der Waals surface area contributed by atoms with Crippen molar-refractivity contribution in [3.05, 3.63) is 102 Å². The van der Waals surface area contributed by atoms with Crippen molar-refractivity contribution in [2.24, 2.45) is 5.16 Å². The maximum absolute atomic E-state index is 6.12. The molecule has 3 aromatic carbocycles. The van der Waals surface area contributed by atoms with Crippen LogP contribution in [-0.4, -0.2) is 11.5 Å². The van der Waals surface area contributed by atoms with E-state index in [9.17, 15) is 0 Å². The zero-order chi connectivity index (χ0) is 17.8. The Morgan fingerprint density at radius 1 is 0.923 bits per heavy atom. The lowest BCUT2D eigenvalue weighted by molar-refractivity contribution is -0.00317. The summed E-state index contributed by atoms with van der Waals surface area (Å²) in [6.07, 6.45) is 0.778. The van der Waals surface area contributed by atoms with Crippen LogP contribution in [0.15, 0.2) is 95.0 Å². The van der Waals surface area contributed by atoms with Crippen LogP contribution in [0.25, 0.3) is 0 Å². The molecule has 2 nitrogen and oxygen atoms in total. The van der Waals surface area contributed by atoms with E-state index in [0.717, 1.165) is 23.4 Å². The van der Waals surface area contributed by atoms with Gasteiger partial charge in [0.05, 0.1) is 5.71 Å². The van der Waals surface area contributed by atoms with Crippen LogP contribution in [0, 0.1) is 6.92 Å². The van der Waals surface area contributed by atoms with Crippen molar-refractivity contribution in [2.75, 3.05) is 5.75 Å². The molecule has 0 fully saturated rings. The van der Waals surface area contributed by atoms with Crippen molar-refractivity contribution in [3.8, 4) is 0 Å². The van der Waals surface area contributed by atoms with Gasteiger partial charge >= 0.3 is 0 Å². The molecule has 1 heterocycles. The summed E-state index contributed by atoms with van der Waals surface area (Å²) in [6, 6.07) is 29.4. The summed E-state index contributed by atoms with van der Waals surface area (Å²) in [4.78, 5) is 7.37. The Morgan fingerprint density at radius 3 is 2.38 bits per heavy atom. The zero-order valence-corrected chi connectivity index (χ0v) is 15.6. The Labute approximate surface area is 158 Å². The normalized spacial score (nSPS) is 19.0. The van der Waals surface area contributed by atoms with Gasteiger partial charge in [-0.25, -0.2) is 0 Å². The minimum absolute atomic E-state index is 0.430. The Morgan fingerprint density at radius 2 is 1.65 bits per heavy atom. The van der Waals surface area contributed by atoms with E-state index in [1.54, 1.807) is 0 Å². The smallest absolute Gasteiger partial charge is 0.177 e. The topological polar surface area (TPSA) is 21.6 Å².